The number of nitrogens with zero attached hydrogens (tertiary/aromatic N) is 1. The summed E-state index contributed by atoms with van der Waals surface area (Å²) in [5.74, 6) is -0.0706. The first kappa shape index (κ1) is 24.4. The van der Waals surface area contributed by atoms with Gasteiger partial charge in [-0.15, -0.1) is 0 Å². The number of benzene rings is 2. The lowest BCUT2D eigenvalue weighted by molar-refractivity contribution is -0.138. The third-order valence-corrected chi connectivity index (χ3v) is 5.95. The summed E-state index contributed by atoms with van der Waals surface area (Å²) in [6, 6.07) is 12.8. The van der Waals surface area contributed by atoms with Crippen molar-refractivity contribution in [1.82, 2.24) is 4.90 Å². The van der Waals surface area contributed by atoms with Crippen LogP contribution >= 0.6 is 0 Å². The highest BCUT2D eigenvalue weighted by molar-refractivity contribution is 7.87. The van der Waals surface area contributed by atoms with E-state index in [1.165, 1.54) is 23.3 Å². The quantitative estimate of drug-likeness (QED) is 0.411. The van der Waals surface area contributed by atoms with Gasteiger partial charge >= 0.3 is 16.3 Å². The second kappa shape index (κ2) is 9.70. The summed E-state index contributed by atoms with van der Waals surface area (Å²) in [4.78, 5) is 13.6. The normalized spacial score (nSPS) is 12.1. The van der Waals surface area contributed by atoms with E-state index in [1.807, 2.05) is 0 Å². The molecule has 0 radical (unpaired) electrons. The first-order valence-electron chi connectivity index (χ1n) is 9.98. The number of para-hydroxylation sites is 1. The van der Waals surface area contributed by atoms with E-state index in [4.69, 9.17) is 8.60 Å². The van der Waals surface area contributed by atoms with Gasteiger partial charge in [0.2, 0.25) is 5.91 Å². The highest BCUT2D eigenvalue weighted by atomic mass is 32.2. The Bertz CT molecular complexity index is 1200. The van der Waals surface area contributed by atoms with Crippen LogP contribution in [0.5, 0.6) is 5.75 Å². The lowest BCUT2D eigenvalue weighted by atomic mass is 10.1. The molecule has 0 spiro atoms. The topological polar surface area (TPSA) is 76.8 Å². The van der Waals surface area contributed by atoms with Gasteiger partial charge in [0.1, 0.15) is 16.4 Å². The molecule has 0 aliphatic rings. The Hall–Kier alpha value is -3.27. The Kier molecular flexibility index (Phi) is 7.16. The van der Waals surface area contributed by atoms with Gasteiger partial charge < -0.3 is 13.5 Å². The van der Waals surface area contributed by atoms with Crippen LogP contribution < -0.4 is 4.18 Å². The molecule has 0 saturated heterocycles. The van der Waals surface area contributed by atoms with Crippen molar-refractivity contribution in [3.63, 3.8) is 0 Å². The monoisotopic (exact) mass is 481 g/mol. The van der Waals surface area contributed by atoms with Gasteiger partial charge in [0, 0.05) is 18.0 Å². The van der Waals surface area contributed by atoms with Crippen LogP contribution in [0, 0.1) is 5.92 Å². The minimum absolute atomic E-state index is 0.00595. The van der Waals surface area contributed by atoms with E-state index in [1.54, 1.807) is 38.1 Å². The zero-order valence-corrected chi connectivity index (χ0v) is 18.7. The standard InChI is InChI=1S/C23H22F3NO5S/c1-16(2)22(28)27(15-19-9-6-12-31-19)14-17-7-3-4-11-21(17)32-33(29,30)20-10-5-8-18(13-20)23(24,25)26/h3-13,16H,14-15H2,1-2H3. The maximum Gasteiger partial charge on any atom is 0.416 e. The number of alkyl halides is 3. The van der Waals surface area contributed by atoms with E-state index in [-0.39, 0.29) is 30.7 Å². The summed E-state index contributed by atoms with van der Waals surface area (Å²) in [5, 5.41) is 0. The average molecular weight is 481 g/mol. The Labute approximate surface area is 189 Å². The fourth-order valence-electron chi connectivity index (χ4n) is 3.08. The minimum atomic E-state index is -4.70. The van der Waals surface area contributed by atoms with Crippen molar-refractivity contribution in [2.45, 2.75) is 38.0 Å². The number of hydrogen-bond acceptors (Lipinski definition) is 5. The van der Waals surface area contributed by atoms with Crippen LogP contribution in [0.3, 0.4) is 0 Å². The largest absolute Gasteiger partial charge is 0.467 e. The zero-order valence-electron chi connectivity index (χ0n) is 17.9. The van der Waals surface area contributed by atoms with Crippen molar-refractivity contribution in [2.75, 3.05) is 0 Å². The summed E-state index contributed by atoms with van der Waals surface area (Å²) in [7, 11) is -4.56. The SMILES string of the molecule is CC(C)C(=O)N(Cc1ccco1)Cc1ccccc1OS(=O)(=O)c1cccc(C(F)(F)F)c1. The van der Waals surface area contributed by atoms with Crippen LogP contribution in [0.15, 0.2) is 76.2 Å². The predicted molar refractivity (Wildman–Crippen MR) is 113 cm³/mol. The molecule has 0 N–H and O–H groups in total. The van der Waals surface area contributed by atoms with E-state index in [2.05, 4.69) is 0 Å². The third-order valence-electron chi connectivity index (χ3n) is 4.72. The highest BCUT2D eigenvalue weighted by Gasteiger charge is 2.32. The molecule has 0 bridgehead atoms. The number of furan rings is 1. The number of carbonyl (C=O) groups excluding carboxylic acids is 1. The lowest BCUT2D eigenvalue weighted by Crippen LogP contribution is -2.33. The highest BCUT2D eigenvalue weighted by Crippen LogP contribution is 2.32. The van der Waals surface area contributed by atoms with E-state index < -0.39 is 26.8 Å². The summed E-state index contributed by atoms with van der Waals surface area (Å²) < 4.78 is 75.0. The summed E-state index contributed by atoms with van der Waals surface area (Å²) in [5.41, 5.74) is -0.735. The second-order valence-electron chi connectivity index (χ2n) is 7.60. The summed E-state index contributed by atoms with van der Waals surface area (Å²) in [6.45, 7) is 3.63. The molecule has 0 unspecified atom stereocenters. The molecule has 1 heterocycles. The first-order chi connectivity index (χ1) is 15.5. The molecule has 1 aromatic heterocycles. The molecule has 0 fully saturated rings. The molecule has 10 heteroatoms. The lowest BCUT2D eigenvalue weighted by Gasteiger charge is -2.24. The van der Waals surface area contributed by atoms with Crippen LogP contribution in [-0.4, -0.2) is 19.2 Å². The maximum absolute atomic E-state index is 13.0. The molecular formula is C23H22F3NO5S. The average Bonchev–Trinajstić information content (AvgIpc) is 3.26. The Morgan fingerprint density at radius 3 is 2.39 bits per heavy atom. The van der Waals surface area contributed by atoms with Gasteiger partial charge in [0.15, 0.2) is 0 Å². The minimum Gasteiger partial charge on any atom is -0.467 e. The number of amides is 1. The van der Waals surface area contributed by atoms with Crippen molar-refractivity contribution < 1.29 is 35.0 Å². The van der Waals surface area contributed by atoms with Gasteiger partial charge in [-0.3, -0.25) is 4.79 Å². The van der Waals surface area contributed by atoms with Crippen molar-refractivity contribution in [1.29, 1.82) is 0 Å². The number of hydrogen-bond donors (Lipinski definition) is 0. The molecular weight excluding hydrogens is 459 g/mol. The molecule has 3 rings (SSSR count). The second-order valence-corrected chi connectivity index (χ2v) is 9.15. The fourth-order valence-corrected chi connectivity index (χ4v) is 4.09. The Morgan fingerprint density at radius 1 is 1.03 bits per heavy atom. The number of carbonyl (C=O) groups is 1. The molecule has 0 aliphatic heterocycles. The zero-order chi connectivity index (χ0) is 24.2. The molecule has 0 atom stereocenters. The molecule has 0 aliphatic carbocycles. The van der Waals surface area contributed by atoms with Gasteiger partial charge in [-0.25, -0.2) is 0 Å². The van der Waals surface area contributed by atoms with Crippen molar-refractivity contribution in [2.24, 2.45) is 5.92 Å². The van der Waals surface area contributed by atoms with E-state index in [9.17, 15) is 26.4 Å². The van der Waals surface area contributed by atoms with Crippen LogP contribution in [0.4, 0.5) is 13.2 Å². The predicted octanol–water partition coefficient (Wildman–Crippen LogP) is 5.25. The van der Waals surface area contributed by atoms with Gasteiger partial charge in [0.05, 0.1) is 18.4 Å². The summed E-state index contributed by atoms with van der Waals surface area (Å²) in [6.07, 6.45) is -3.22. The van der Waals surface area contributed by atoms with Gasteiger partial charge in [-0.2, -0.15) is 21.6 Å². The molecule has 1 amide bonds. The molecule has 6 nitrogen and oxygen atoms in total. The first-order valence-corrected chi connectivity index (χ1v) is 11.4. The molecule has 0 saturated carbocycles. The number of halogens is 3. The van der Waals surface area contributed by atoms with Crippen molar-refractivity contribution >= 4 is 16.0 Å². The molecule has 33 heavy (non-hydrogen) atoms. The van der Waals surface area contributed by atoms with Crippen LogP contribution in [0.2, 0.25) is 0 Å². The van der Waals surface area contributed by atoms with E-state index >= 15 is 0 Å². The van der Waals surface area contributed by atoms with Crippen LogP contribution in [0.1, 0.15) is 30.7 Å². The van der Waals surface area contributed by atoms with Gasteiger partial charge in [0.25, 0.3) is 0 Å². The van der Waals surface area contributed by atoms with Crippen LogP contribution in [-0.2, 0) is 34.2 Å². The number of rotatable bonds is 8. The molecule has 2 aromatic carbocycles. The maximum atomic E-state index is 13.0. The Balaban J connectivity index is 1.90. The van der Waals surface area contributed by atoms with Gasteiger partial charge in [-0.1, -0.05) is 38.1 Å². The van der Waals surface area contributed by atoms with Crippen molar-refractivity contribution in [3.05, 3.63) is 83.8 Å². The van der Waals surface area contributed by atoms with Crippen LogP contribution in [0.25, 0.3) is 0 Å². The molecule has 176 valence electrons. The van der Waals surface area contributed by atoms with Gasteiger partial charge in [-0.05, 0) is 36.4 Å². The molecule has 3 aromatic rings. The van der Waals surface area contributed by atoms with Crippen molar-refractivity contribution in [3.8, 4) is 5.75 Å². The third kappa shape index (κ3) is 6.16. The Morgan fingerprint density at radius 2 is 1.76 bits per heavy atom. The summed E-state index contributed by atoms with van der Waals surface area (Å²) >= 11 is 0. The van der Waals surface area contributed by atoms with E-state index in [0.717, 1.165) is 18.2 Å². The smallest absolute Gasteiger partial charge is 0.416 e. The fraction of sp³-hybridized carbons (Fsp3) is 0.261. The van der Waals surface area contributed by atoms with E-state index in [0.29, 0.717) is 17.4 Å².